The number of nitrogens with zero attached hydrogens (tertiary/aromatic N) is 2. The summed E-state index contributed by atoms with van der Waals surface area (Å²) in [5, 5.41) is 7.09. The maximum atomic E-state index is 12.1. The molecule has 0 aliphatic heterocycles. The second-order valence-electron chi connectivity index (χ2n) is 7.74. The zero-order valence-electron chi connectivity index (χ0n) is 17.5. The molecule has 9 nitrogen and oxygen atoms in total. The van der Waals surface area contributed by atoms with Crippen LogP contribution in [0.3, 0.4) is 0 Å². The third-order valence-corrected chi connectivity index (χ3v) is 7.06. The summed E-state index contributed by atoms with van der Waals surface area (Å²) in [4.78, 5) is 24.1. The number of carbonyl (C=O) groups excluding carboxylic acids is 1. The number of sulfonamides is 1. The summed E-state index contributed by atoms with van der Waals surface area (Å²) in [5.74, 6) is -0.0389. The third-order valence-electron chi connectivity index (χ3n) is 5.42. The van der Waals surface area contributed by atoms with Gasteiger partial charge in [0.15, 0.2) is 0 Å². The van der Waals surface area contributed by atoms with Crippen LogP contribution in [-0.2, 0) is 10.0 Å². The number of aromatic amines is 1. The van der Waals surface area contributed by atoms with Gasteiger partial charge in [-0.05, 0) is 37.5 Å². The number of fused-ring (bicyclic) bond motifs is 1. The Balaban J connectivity index is 1.59. The molecule has 1 aliphatic rings. The standard InChI is InChI=1S/C21H26N6O3S/c1-3-8-31(29,30)27-15-10-14(11-15)26-19-16-5-7-24-20(16)25-12-17(19)18-9-13(4-6-23-18)21(28)22-2/h4-7,9,12,14-15,27H,3,8,10-11H2,1-2H3,(H,22,28)(H2,24,25,26)/t14-,15+. The molecule has 0 atom stereocenters. The van der Waals surface area contributed by atoms with Gasteiger partial charge in [-0.1, -0.05) is 6.92 Å². The lowest BCUT2D eigenvalue weighted by atomic mass is 9.87. The molecule has 0 aromatic carbocycles. The fourth-order valence-corrected chi connectivity index (χ4v) is 5.19. The van der Waals surface area contributed by atoms with Gasteiger partial charge in [0.05, 0.1) is 17.1 Å². The number of pyridine rings is 2. The number of amides is 1. The van der Waals surface area contributed by atoms with E-state index < -0.39 is 10.0 Å². The Kier molecular flexibility index (Phi) is 5.92. The molecule has 1 amide bonds. The second-order valence-corrected chi connectivity index (χ2v) is 9.62. The molecule has 0 bridgehead atoms. The highest BCUT2D eigenvalue weighted by molar-refractivity contribution is 7.89. The molecule has 0 saturated heterocycles. The summed E-state index contributed by atoms with van der Waals surface area (Å²) in [7, 11) is -1.63. The first kappa shape index (κ1) is 21.3. The van der Waals surface area contributed by atoms with Crippen molar-refractivity contribution in [1.29, 1.82) is 0 Å². The van der Waals surface area contributed by atoms with Crippen LogP contribution in [0.15, 0.2) is 36.8 Å². The fraction of sp³-hybridized carbons (Fsp3) is 0.381. The molecule has 1 aliphatic carbocycles. The van der Waals surface area contributed by atoms with E-state index in [-0.39, 0.29) is 23.7 Å². The lowest BCUT2D eigenvalue weighted by Crippen LogP contribution is -2.50. The molecule has 164 valence electrons. The average molecular weight is 443 g/mol. The molecule has 10 heteroatoms. The maximum absolute atomic E-state index is 12.1. The monoisotopic (exact) mass is 442 g/mol. The number of anilines is 1. The first-order valence-corrected chi connectivity index (χ1v) is 12.0. The van der Waals surface area contributed by atoms with Crippen molar-refractivity contribution in [3.63, 3.8) is 0 Å². The van der Waals surface area contributed by atoms with Crippen LogP contribution in [0.2, 0.25) is 0 Å². The molecule has 0 unspecified atom stereocenters. The van der Waals surface area contributed by atoms with E-state index in [1.807, 2.05) is 19.2 Å². The average Bonchev–Trinajstić information content (AvgIpc) is 3.20. The van der Waals surface area contributed by atoms with Crippen LogP contribution in [0.5, 0.6) is 0 Å². The van der Waals surface area contributed by atoms with Crippen LogP contribution in [0.4, 0.5) is 5.69 Å². The van der Waals surface area contributed by atoms with E-state index in [0.29, 0.717) is 30.5 Å². The van der Waals surface area contributed by atoms with Crippen molar-refractivity contribution >= 4 is 32.7 Å². The van der Waals surface area contributed by atoms with E-state index >= 15 is 0 Å². The molecule has 0 spiro atoms. The number of carbonyl (C=O) groups is 1. The van der Waals surface area contributed by atoms with Crippen LogP contribution in [0.1, 0.15) is 36.5 Å². The lowest BCUT2D eigenvalue weighted by molar-refractivity contribution is 0.0963. The number of hydrogen-bond acceptors (Lipinski definition) is 6. The zero-order chi connectivity index (χ0) is 22.0. The highest BCUT2D eigenvalue weighted by Gasteiger charge is 2.32. The minimum atomic E-state index is -3.22. The molecular weight excluding hydrogens is 416 g/mol. The Morgan fingerprint density at radius 3 is 2.77 bits per heavy atom. The van der Waals surface area contributed by atoms with Gasteiger partial charge in [-0.3, -0.25) is 9.78 Å². The number of hydrogen-bond donors (Lipinski definition) is 4. The van der Waals surface area contributed by atoms with Crippen molar-refractivity contribution in [1.82, 2.24) is 25.0 Å². The van der Waals surface area contributed by atoms with Gasteiger partial charge in [0.2, 0.25) is 10.0 Å². The van der Waals surface area contributed by atoms with Gasteiger partial charge in [-0.15, -0.1) is 0 Å². The van der Waals surface area contributed by atoms with E-state index in [1.165, 1.54) is 0 Å². The topological polar surface area (TPSA) is 129 Å². The zero-order valence-corrected chi connectivity index (χ0v) is 18.3. The third kappa shape index (κ3) is 4.54. The minimum Gasteiger partial charge on any atom is -0.381 e. The molecule has 0 radical (unpaired) electrons. The Labute approximate surface area is 181 Å². The lowest BCUT2D eigenvalue weighted by Gasteiger charge is -2.37. The van der Waals surface area contributed by atoms with E-state index in [9.17, 15) is 13.2 Å². The van der Waals surface area contributed by atoms with Crippen LogP contribution >= 0.6 is 0 Å². The molecule has 1 fully saturated rings. The molecule has 31 heavy (non-hydrogen) atoms. The number of rotatable bonds is 8. The first-order valence-electron chi connectivity index (χ1n) is 10.3. The van der Waals surface area contributed by atoms with Crippen LogP contribution in [-0.4, -0.2) is 54.2 Å². The number of H-pyrrole nitrogens is 1. The Morgan fingerprint density at radius 1 is 1.23 bits per heavy atom. The van der Waals surface area contributed by atoms with E-state index in [4.69, 9.17) is 0 Å². The Morgan fingerprint density at radius 2 is 2.03 bits per heavy atom. The summed E-state index contributed by atoms with van der Waals surface area (Å²) < 4.78 is 26.8. The summed E-state index contributed by atoms with van der Waals surface area (Å²) in [6.45, 7) is 1.85. The molecule has 3 aromatic rings. The van der Waals surface area contributed by atoms with Gasteiger partial charge >= 0.3 is 0 Å². The van der Waals surface area contributed by atoms with Gasteiger partial charge in [0.1, 0.15) is 5.65 Å². The van der Waals surface area contributed by atoms with E-state index in [1.54, 1.807) is 31.6 Å². The van der Waals surface area contributed by atoms with Crippen molar-refractivity contribution in [3.8, 4) is 11.3 Å². The van der Waals surface area contributed by atoms with E-state index in [0.717, 1.165) is 22.3 Å². The quantitative estimate of drug-likeness (QED) is 0.424. The molecular formula is C21H26N6O3S. The smallest absolute Gasteiger partial charge is 0.251 e. The molecule has 1 saturated carbocycles. The Bertz CT molecular complexity index is 1200. The first-order chi connectivity index (χ1) is 14.9. The highest BCUT2D eigenvalue weighted by atomic mass is 32.2. The molecule has 4 rings (SSSR count). The van der Waals surface area contributed by atoms with Crippen LogP contribution in [0, 0.1) is 0 Å². The van der Waals surface area contributed by atoms with Crippen molar-refractivity contribution in [2.24, 2.45) is 0 Å². The second kappa shape index (κ2) is 8.64. The number of aromatic nitrogens is 3. The van der Waals surface area contributed by atoms with Crippen molar-refractivity contribution in [2.45, 2.75) is 38.3 Å². The SMILES string of the molecule is CCCS(=O)(=O)N[C@H]1C[C@@H](Nc2c(-c3cc(C(=O)NC)ccn3)cnc3[nH]ccc23)C1. The molecule has 3 heterocycles. The summed E-state index contributed by atoms with van der Waals surface area (Å²) in [6.07, 6.45) is 7.15. The predicted molar refractivity (Wildman–Crippen MR) is 120 cm³/mol. The minimum absolute atomic E-state index is 0.0595. The van der Waals surface area contributed by atoms with Gasteiger partial charge in [0.25, 0.3) is 5.91 Å². The van der Waals surface area contributed by atoms with Gasteiger partial charge in [0, 0.05) is 54.2 Å². The summed E-state index contributed by atoms with van der Waals surface area (Å²) in [6, 6.07) is 5.40. The van der Waals surface area contributed by atoms with Gasteiger partial charge in [-0.2, -0.15) is 0 Å². The number of nitrogens with one attached hydrogen (secondary N) is 4. The fourth-order valence-electron chi connectivity index (χ4n) is 3.84. The largest absolute Gasteiger partial charge is 0.381 e. The summed E-state index contributed by atoms with van der Waals surface area (Å²) in [5.41, 5.74) is 3.55. The summed E-state index contributed by atoms with van der Waals surface area (Å²) >= 11 is 0. The van der Waals surface area contributed by atoms with Gasteiger partial charge < -0.3 is 15.6 Å². The van der Waals surface area contributed by atoms with E-state index in [2.05, 4.69) is 30.3 Å². The van der Waals surface area contributed by atoms with Crippen molar-refractivity contribution in [3.05, 3.63) is 42.4 Å². The molecule has 3 aromatic heterocycles. The Hall–Kier alpha value is -2.98. The van der Waals surface area contributed by atoms with Gasteiger partial charge in [-0.25, -0.2) is 18.1 Å². The predicted octanol–water partition coefficient (Wildman–Crippen LogP) is 2.26. The normalized spacial score (nSPS) is 18.5. The van der Waals surface area contributed by atoms with Crippen LogP contribution < -0.4 is 15.4 Å². The molecule has 4 N–H and O–H groups in total. The van der Waals surface area contributed by atoms with Crippen molar-refractivity contribution < 1.29 is 13.2 Å². The van der Waals surface area contributed by atoms with Crippen LogP contribution in [0.25, 0.3) is 22.3 Å². The highest BCUT2D eigenvalue weighted by Crippen LogP contribution is 2.36. The van der Waals surface area contributed by atoms with Crippen molar-refractivity contribution in [2.75, 3.05) is 18.1 Å². The maximum Gasteiger partial charge on any atom is 0.251 e.